The van der Waals surface area contributed by atoms with Crippen LogP contribution in [0.5, 0.6) is 11.5 Å². The smallest absolute Gasteiger partial charge is 0.216 e. The van der Waals surface area contributed by atoms with Gasteiger partial charge in [0.25, 0.3) is 0 Å². The van der Waals surface area contributed by atoms with Gasteiger partial charge in [0.05, 0.1) is 0 Å². The zero-order chi connectivity index (χ0) is 20.3. The van der Waals surface area contributed by atoms with E-state index in [2.05, 4.69) is 38.2 Å². The molecule has 0 unspecified atom stereocenters. The van der Waals surface area contributed by atoms with E-state index in [1.54, 1.807) is 6.92 Å². The van der Waals surface area contributed by atoms with E-state index in [4.69, 9.17) is 4.74 Å². The lowest BCUT2D eigenvalue weighted by molar-refractivity contribution is -0.118. The quantitative estimate of drug-likeness (QED) is 0.498. The number of unbranched alkanes of at least 4 members (excludes halogenated alkanes) is 3. The van der Waals surface area contributed by atoms with Crippen LogP contribution >= 0.6 is 0 Å². The minimum Gasteiger partial charge on any atom is -0.507 e. The molecule has 1 aromatic carbocycles. The molecule has 3 rings (SSSR count). The maximum Gasteiger partial charge on any atom is 0.216 e. The Balaban J connectivity index is 1.65. The van der Waals surface area contributed by atoms with Crippen LogP contribution in [-0.4, -0.2) is 23.2 Å². The van der Waals surface area contributed by atoms with Gasteiger partial charge in [-0.25, -0.2) is 0 Å². The van der Waals surface area contributed by atoms with Crippen molar-refractivity contribution in [1.82, 2.24) is 5.32 Å². The normalized spacial score (nSPS) is 22.5. The van der Waals surface area contributed by atoms with Crippen molar-refractivity contribution >= 4 is 5.91 Å². The number of phenols is 1. The molecule has 28 heavy (non-hydrogen) atoms. The lowest BCUT2D eigenvalue weighted by atomic mass is 9.68. The van der Waals surface area contributed by atoms with E-state index in [0.717, 1.165) is 68.4 Å². The molecule has 4 nitrogen and oxygen atoms in total. The third kappa shape index (κ3) is 4.71. The fourth-order valence-corrected chi connectivity index (χ4v) is 4.80. The van der Waals surface area contributed by atoms with E-state index in [1.165, 1.54) is 5.57 Å². The van der Waals surface area contributed by atoms with Gasteiger partial charge in [-0.15, -0.1) is 0 Å². The highest BCUT2D eigenvalue weighted by Gasteiger charge is 2.45. The van der Waals surface area contributed by atoms with Crippen molar-refractivity contribution in [3.63, 3.8) is 0 Å². The minimum absolute atomic E-state index is 0.0395. The third-order valence-electron chi connectivity index (χ3n) is 6.29. The SMILES string of the molecule is CC(=O)NCCCCCCc1cc(O)c2c(c1)OC(C)(C)[C@@H]1CCC(C)=C[C@@H]21. The Morgan fingerprint density at radius 2 is 2.00 bits per heavy atom. The van der Waals surface area contributed by atoms with Crippen molar-refractivity contribution in [2.75, 3.05) is 6.54 Å². The summed E-state index contributed by atoms with van der Waals surface area (Å²) in [6, 6.07) is 4.08. The summed E-state index contributed by atoms with van der Waals surface area (Å²) in [4.78, 5) is 10.9. The first kappa shape index (κ1) is 20.8. The first-order valence-electron chi connectivity index (χ1n) is 10.7. The zero-order valence-corrected chi connectivity index (χ0v) is 17.8. The van der Waals surface area contributed by atoms with Gasteiger partial charge in [0, 0.05) is 30.9 Å². The average molecular weight is 386 g/mol. The largest absolute Gasteiger partial charge is 0.507 e. The number of fused-ring (bicyclic) bond motifs is 3. The summed E-state index contributed by atoms with van der Waals surface area (Å²) in [5.74, 6) is 1.93. The Labute approximate surface area is 169 Å². The molecule has 0 aromatic heterocycles. The molecule has 1 heterocycles. The number of ether oxygens (including phenoxy) is 1. The predicted octanol–water partition coefficient (Wildman–Crippen LogP) is 5.24. The molecule has 0 fully saturated rings. The highest BCUT2D eigenvalue weighted by Crippen LogP contribution is 2.53. The molecule has 2 aliphatic rings. The molecule has 1 aliphatic carbocycles. The summed E-state index contributed by atoms with van der Waals surface area (Å²) in [5, 5.41) is 13.6. The van der Waals surface area contributed by atoms with Crippen LogP contribution in [0.25, 0.3) is 0 Å². The molecule has 1 aliphatic heterocycles. The van der Waals surface area contributed by atoms with Crippen molar-refractivity contribution in [3.05, 3.63) is 34.9 Å². The van der Waals surface area contributed by atoms with Gasteiger partial charge in [-0.05, 0) is 70.6 Å². The fraction of sp³-hybridized carbons (Fsp3) is 0.625. The molecular weight excluding hydrogens is 350 g/mol. The highest BCUT2D eigenvalue weighted by molar-refractivity contribution is 5.72. The number of rotatable bonds is 7. The molecule has 1 amide bonds. The van der Waals surface area contributed by atoms with E-state index >= 15 is 0 Å². The number of phenolic OH excluding ortho intramolecular Hbond substituents is 1. The van der Waals surface area contributed by atoms with E-state index in [9.17, 15) is 9.90 Å². The van der Waals surface area contributed by atoms with E-state index in [0.29, 0.717) is 11.7 Å². The topological polar surface area (TPSA) is 58.6 Å². The lowest BCUT2D eigenvalue weighted by Gasteiger charge is -2.46. The number of nitrogens with one attached hydrogen (secondary N) is 1. The fourth-order valence-electron chi connectivity index (χ4n) is 4.80. The molecule has 1 aromatic rings. The Hall–Kier alpha value is -1.97. The van der Waals surface area contributed by atoms with Gasteiger partial charge in [-0.3, -0.25) is 4.79 Å². The Kier molecular flexibility index (Phi) is 6.36. The van der Waals surface area contributed by atoms with Gasteiger partial charge in [0.15, 0.2) is 0 Å². The molecule has 2 atom stereocenters. The van der Waals surface area contributed by atoms with E-state index in [-0.39, 0.29) is 17.4 Å². The van der Waals surface area contributed by atoms with Crippen LogP contribution in [0.15, 0.2) is 23.8 Å². The number of allylic oxidation sites excluding steroid dienone is 2. The van der Waals surface area contributed by atoms with Crippen molar-refractivity contribution in [2.45, 2.75) is 84.2 Å². The monoisotopic (exact) mass is 385 g/mol. The average Bonchev–Trinajstić information content (AvgIpc) is 2.59. The molecule has 154 valence electrons. The number of aryl methyl sites for hydroxylation is 1. The lowest BCUT2D eigenvalue weighted by Crippen LogP contribution is -2.45. The second-order valence-electron chi connectivity index (χ2n) is 9.06. The van der Waals surface area contributed by atoms with Gasteiger partial charge < -0.3 is 15.2 Å². The maximum atomic E-state index is 10.9. The van der Waals surface area contributed by atoms with Crippen LogP contribution in [0, 0.1) is 5.92 Å². The van der Waals surface area contributed by atoms with Gasteiger partial charge in [-0.2, -0.15) is 0 Å². The standard InChI is InChI=1S/C24H35NO3/c1-16-10-11-20-19(13-16)23-21(27)14-18(15-22(23)28-24(20,3)4)9-7-5-6-8-12-25-17(2)26/h13-15,19-20,27H,5-12H2,1-4H3,(H,25,26)/t19-,20-/m1/s1. The highest BCUT2D eigenvalue weighted by atomic mass is 16.5. The predicted molar refractivity (Wildman–Crippen MR) is 113 cm³/mol. The molecule has 0 saturated heterocycles. The second kappa shape index (κ2) is 8.59. The minimum atomic E-state index is -0.219. The van der Waals surface area contributed by atoms with Crippen molar-refractivity contribution < 1.29 is 14.6 Å². The summed E-state index contributed by atoms with van der Waals surface area (Å²) < 4.78 is 6.40. The molecule has 0 bridgehead atoms. The number of hydrogen-bond acceptors (Lipinski definition) is 3. The zero-order valence-electron chi connectivity index (χ0n) is 17.8. The van der Waals surface area contributed by atoms with Crippen molar-refractivity contribution in [3.8, 4) is 11.5 Å². The number of hydrogen-bond donors (Lipinski definition) is 2. The third-order valence-corrected chi connectivity index (χ3v) is 6.29. The molecule has 4 heteroatoms. The first-order valence-corrected chi connectivity index (χ1v) is 10.7. The van der Waals surface area contributed by atoms with Crippen LogP contribution < -0.4 is 10.1 Å². The summed E-state index contributed by atoms with van der Waals surface area (Å²) in [7, 11) is 0. The number of carbonyl (C=O) groups is 1. The molecule has 2 N–H and O–H groups in total. The summed E-state index contributed by atoms with van der Waals surface area (Å²) in [6.07, 6.45) is 9.82. The van der Waals surface area contributed by atoms with Gasteiger partial charge in [0.1, 0.15) is 17.1 Å². The second-order valence-corrected chi connectivity index (χ2v) is 9.06. The number of aromatic hydroxyl groups is 1. The van der Waals surface area contributed by atoms with Gasteiger partial charge >= 0.3 is 0 Å². The summed E-state index contributed by atoms with van der Waals surface area (Å²) >= 11 is 0. The Morgan fingerprint density at radius 3 is 2.75 bits per heavy atom. The van der Waals surface area contributed by atoms with E-state index < -0.39 is 0 Å². The van der Waals surface area contributed by atoms with Gasteiger partial charge in [-0.1, -0.05) is 24.5 Å². The number of amides is 1. The van der Waals surface area contributed by atoms with Gasteiger partial charge in [0.2, 0.25) is 5.91 Å². The summed E-state index contributed by atoms with van der Waals surface area (Å²) in [5.41, 5.74) is 3.31. The maximum absolute atomic E-state index is 10.9. The van der Waals surface area contributed by atoms with Crippen LogP contribution in [0.3, 0.4) is 0 Å². The van der Waals surface area contributed by atoms with E-state index in [1.807, 2.05) is 6.07 Å². The number of carbonyl (C=O) groups excluding carboxylic acids is 1. The van der Waals surface area contributed by atoms with Crippen LogP contribution in [0.2, 0.25) is 0 Å². The van der Waals surface area contributed by atoms with Crippen molar-refractivity contribution in [2.24, 2.45) is 5.92 Å². The number of benzene rings is 1. The Bertz CT molecular complexity index is 750. The van der Waals surface area contributed by atoms with Crippen LogP contribution in [0.4, 0.5) is 0 Å². The van der Waals surface area contributed by atoms with Crippen LogP contribution in [-0.2, 0) is 11.2 Å². The first-order chi connectivity index (χ1) is 13.3. The molecular formula is C24H35NO3. The molecule has 0 spiro atoms. The molecule has 0 saturated carbocycles. The molecule has 0 radical (unpaired) electrons. The van der Waals surface area contributed by atoms with Crippen LogP contribution in [0.1, 0.15) is 83.3 Å². The Morgan fingerprint density at radius 1 is 1.25 bits per heavy atom. The van der Waals surface area contributed by atoms with Crippen molar-refractivity contribution in [1.29, 1.82) is 0 Å². The summed E-state index contributed by atoms with van der Waals surface area (Å²) in [6.45, 7) is 8.86.